The summed E-state index contributed by atoms with van der Waals surface area (Å²) in [7, 11) is 1.93. The van der Waals surface area contributed by atoms with Gasteiger partial charge in [-0.05, 0) is 26.0 Å². The highest BCUT2D eigenvalue weighted by atomic mass is 32.1. The number of hydrogen-bond acceptors (Lipinski definition) is 3. The Bertz CT molecular complexity index is 455. The summed E-state index contributed by atoms with van der Waals surface area (Å²) in [6.45, 7) is 4.16. The van der Waals surface area contributed by atoms with Gasteiger partial charge in [0.15, 0.2) is 0 Å². The Hall–Kier alpha value is -1.35. The van der Waals surface area contributed by atoms with E-state index in [0.29, 0.717) is 0 Å². The molecule has 0 spiro atoms. The topological polar surface area (TPSA) is 24.9 Å². The van der Waals surface area contributed by atoms with Crippen LogP contribution in [-0.2, 0) is 0 Å². The van der Waals surface area contributed by atoms with Gasteiger partial charge in [0.2, 0.25) is 0 Å². The molecule has 2 nitrogen and oxygen atoms in total. The normalized spacial score (nSPS) is 10.3. The van der Waals surface area contributed by atoms with E-state index in [4.69, 9.17) is 0 Å². The first-order valence-electron chi connectivity index (χ1n) is 4.93. The van der Waals surface area contributed by atoms with Crippen molar-refractivity contribution in [2.75, 3.05) is 12.4 Å². The summed E-state index contributed by atoms with van der Waals surface area (Å²) in [4.78, 5) is 5.84. The van der Waals surface area contributed by atoms with Crippen molar-refractivity contribution in [2.24, 2.45) is 0 Å². The first-order chi connectivity index (χ1) is 7.20. The average Bonchev–Trinajstić information content (AvgIpc) is 2.59. The van der Waals surface area contributed by atoms with Crippen LogP contribution in [0.25, 0.3) is 10.6 Å². The van der Waals surface area contributed by atoms with E-state index >= 15 is 0 Å². The van der Waals surface area contributed by atoms with Crippen LogP contribution in [0.2, 0.25) is 0 Å². The molecule has 1 N–H and O–H groups in total. The highest BCUT2D eigenvalue weighted by Crippen LogP contribution is 2.28. The minimum atomic E-state index is 1.10. The fourth-order valence-electron chi connectivity index (χ4n) is 1.40. The van der Waals surface area contributed by atoms with Crippen LogP contribution in [0.5, 0.6) is 0 Å². The molecule has 2 rings (SSSR count). The van der Waals surface area contributed by atoms with Gasteiger partial charge in [0.05, 0.1) is 5.69 Å². The maximum Gasteiger partial charge on any atom is 0.123 e. The minimum absolute atomic E-state index is 1.10. The molecule has 0 unspecified atom stereocenters. The Kier molecular flexibility index (Phi) is 2.73. The molecule has 1 heterocycles. The lowest BCUT2D eigenvalue weighted by Crippen LogP contribution is -1.87. The van der Waals surface area contributed by atoms with Crippen molar-refractivity contribution >= 4 is 17.0 Å². The SMILES string of the molecule is CNc1cccc(-c2nc(C)c(C)s2)c1. The molecular weight excluding hydrogens is 204 g/mol. The van der Waals surface area contributed by atoms with Gasteiger partial charge in [0.1, 0.15) is 5.01 Å². The molecule has 0 atom stereocenters. The summed E-state index contributed by atoms with van der Waals surface area (Å²) in [5.74, 6) is 0. The van der Waals surface area contributed by atoms with Crippen molar-refractivity contribution in [3.63, 3.8) is 0 Å². The third kappa shape index (κ3) is 2.02. The second-order valence-electron chi connectivity index (χ2n) is 3.49. The maximum atomic E-state index is 4.55. The van der Waals surface area contributed by atoms with Gasteiger partial charge in [-0.1, -0.05) is 12.1 Å². The summed E-state index contributed by atoms with van der Waals surface area (Å²) in [6, 6.07) is 8.32. The molecule has 1 aromatic carbocycles. The van der Waals surface area contributed by atoms with Crippen LogP contribution in [0.3, 0.4) is 0 Å². The van der Waals surface area contributed by atoms with Gasteiger partial charge in [-0.3, -0.25) is 0 Å². The highest BCUT2D eigenvalue weighted by Gasteiger charge is 2.05. The van der Waals surface area contributed by atoms with Gasteiger partial charge in [0.25, 0.3) is 0 Å². The summed E-state index contributed by atoms with van der Waals surface area (Å²) in [5.41, 5.74) is 3.44. The van der Waals surface area contributed by atoms with Gasteiger partial charge in [0, 0.05) is 23.2 Å². The van der Waals surface area contributed by atoms with Crippen molar-refractivity contribution in [3.05, 3.63) is 34.8 Å². The van der Waals surface area contributed by atoms with Gasteiger partial charge in [-0.15, -0.1) is 11.3 Å². The monoisotopic (exact) mass is 218 g/mol. The molecule has 0 aliphatic heterocycles. The van der Waals surface area contributed by atoms with Crippen LogP contribution in [-0.4, -0.2) is 12.0 Å². The maximum absolute atomic E-state index is 4.55. The Morgan fingerprint density at radius 1 is 1.27 bits per heavy atom. The van der Waals surface area contributed by atoms with E-state index in [-0.39, 0.29) is 0 Å². The van der Waals surface area contributed by atoms with Gasteiger partial charge >= 0.3 is 0 Å². The summed E-state index contributed by atoms with van der Waals surface area (Å²) in [6.07, 6.45) is 0. The standard InChI is InChI=1S/C12H14N2S/c1-8-9(2)15-12(14-8)10-5-4-6-11(7-10)13-3/h4-7,13H,1-3H3. The smallest absolute Gasteiger partial charge is 0.123 e. The third-order valence-electron chi connectivity index (χ3n) is 2.43. The van der Waals surface area contributed by atoms with E-state index in [1.165, 1.54) is 10.4 Å². The van der Waals surface area contributed by atoms with Crippen LogP contribution in [0.4, 0.5) is 5.69 Å². The summed E-state index contributed by atoms with van der Waals surface area (Å²) < 4.78 is 0. The zero-order chi connectivity index (χ0) is 10.8. The number of thiazole rings is 1. The molecule has 0 saturated carbocycles. The fraction of sp³-hybridized carbons (Fsp3) is 0.250. The Labute approximate surface area is 94.0 Å². The van der Waals surface area contributed by atoms with Crippen molar-refractivity contribution in [1.82, 2.24) is 4.98 Å². The number of anilines is 1. The van der Waals surface area contributed by atoms with Crippen LogP contribution in [0, 0.1) is 13.8 Å². The lowest BCUT2D eigenvalue weighted by Gasteiger charge is -2.01. The van der Waals surface area contributed by atoms with Crippen molar-refractivity contribution in [2.45, 2.75) is 13.8 Å². The molecule has 15 heavy (non-hydrogen) atoms. The van der Waals surface area contributed by atoms with E-state index in [1.54, 1.807) is 11.3 Å². The lowest BCUT2D eigenvalue weighted by molar-refractivity contribution is 1.23. The molecule has 0 fully saturated rings. The quantitative estimate of drug-likeness (QED) is 0.835. The third-order valence-corrected chi connectivity index (χ3v) is 3.55. The van der Waals surface area contributed by atoms with Crippen molar-refractivity contribution in [1.29, 1.82) is 0 Å². The molecule has 0 aliphatic rings. The molecule has 0 saturated heterocycles. The Morgan fingerprint density at radius 2 is 2.07 bits per heavy atom. The number of hydrogen-bond donors (Lipinski definition) is 1. The average molecular weight is 218 g/mol. The van der Waals surface area contributed by atoms with E-state index in [2.05, 4.69) is 42.3 Å². The van der Waals surface area contributed by atoms with E-state index in [0.717, 1.165) is 16.4 Å². The molecule has 0 bridgehead atoms. The van der Waals surface area contributed by atoms with E-state index in [1.807, 2.05) is 13.1 Å². The Balaban J connectivity index is 2.44. The predicted molar refractivity (Wildman–Crippen MR) is 66.6 cm³/mol. The molecule has 0 amide bonds. The zero-order valence-electron chi connectivity index (χ0n) is 9.16. The number of aromatic nitrogens is 1. The molecule has 2 aromatic rings. The zero-order valence-corrected chi connectivity index (χ0v) is 9.98. The number of nitrogens with zero attached hydrogens (tertiary/aromatic N) is 1. The van der Waals surface area contributed by atoms with E-state index in [9.17, 15) is 0 Å². The molecule has 0 aliphatic carbocycles. The Morgan fingerprint density at radius 3 is 2.67 bits per heavy atom. The van der Waals surface area contributed by atoms with Crippen LogP contribution < -0.4 is 5.32 Å². The second-order valence-corrected chi connectivity index (χ2v) is 4.69. The number of benzene rings is 1. The van der Waals surface area contributed by atoms with Gasteiger partial charge < -0.3 is 5.32 Å². The van der Waals surface area contributed by atoms with Crippen LogP contribution in [0.15, 0.2) is 24.3 Å². The fourth-order valence-corrected chi connectivity index (χ4v) is 2.31. The first-order valence-corrected chi connectivity index (χ1v) is 5.74. The number of aryl methyl sites for hydroxylation is 2. The number of rotatable bonds is 2. The van der Waals surface area contributed by atoms with Gasteiger partial charge in [-0.25, -0.2) is 4.98 Å². The van der Waals surface area contributed by atoms with Crippen LogP contribution in [0.1, 0.15) is 10.6 Å². The first kappa shape index (κ1) is 10.2. The second kappa shape index (κ2) is 4.03. The minimum Gasteiger partial charge on any atom is -0.388 e. The van der Waals surface area contributed by atoms with E-state index < -0.39 is 0 Å². The van der Waals surface area contributed by atoms with Gasteiger partial charge in [-0.2, -0.15) is 0 Å². The molecule has 3 heteroatoms. The molecule has 78 valence electrons. The molecule has 0 radical (unpaired) electrons. The van der Waals surface area contributed by atoms with Crippen molar-refractivity contribution in [3.8, 4) is 10.6 Å². The lowest BCUT2D eigenvalue weighted by atomic mass is 10.2. The largest absolute Gasteiger partial charge is 0.388 e. The summed E-state index contributed by atoms with van der Waals surface area (Å²) >= 11 is 1.75. The number of nitrogens with one attached hydrogen (secondary N) is 1. The highest BCUT2D eigenvalue weighted by molar-refractivity contribution is 7.15. The predicted octanol–water partition coefficient (Wildman–Crippen LogP) is 3.47. The van der Waals surface area contributed by atoms with Crippen LogP contribution >= 0.6 is 11.3 Å². The summed E-state index contributed by atoms with van der Waals surface area (Å²) in [5, 5.41) is 4.23. The van der Waals surface area contributed by atoms with Crippen molar-refractivity contribution < 1.29 is 0 Å². The molecular formula is C12H14N2S. The molecule has 1 aromatic heterocycles.